The van der Waals surface area contributed by atoms with Crippen LogP contribution >= 0.6 is 11.6 Å². The fraction of sp³-hybridized carbons (Fsp3) is 0.364. The molecule has 1 saturated carbocycles. The van der Waals surface area contributed by atoms with E-state index in [-0.39, 0.29) is 5.91 Å². The van der Waals surface area contributed by atoms with Crippen LogP contribution in [-0.2, 0) is 4.79 Å². The van der Waals surface area contributed by atoms with E-state index in [0.29, 0.717) is 17.6 Å². The van der Waals surface area contributed by atoms with Gasteiger partial charge >= 0.3 is 0 Å². The molecule has 0 spiro atoms. The summed E-state index contributed by atoms with van der Waals surface area (Å²) in [5.41, 5.74) is 1.94. The van der Waals surface area contributed by atoms with Crippen molar-refractivity contribution in [1.82, 2.24) is 0 Å². The number of amides is 1. The molecule has 1 aliphatic heterocycles. The molecule has 1 heterocycles. The summed E-state index contributed by atoms with van der Waals surface area (Å²) in [6, 6.07) is 6.04. The van der Waals surface area contributed by atoms with Crippen molar-refractivity contribution >= 4 is 28.9 Å². The molecule has 1 aliphatic carbocycles. The van der Waals surface area contributed by atoms with Crippen LogP contribution in [0, 0.1) is 0 Å². The molecular weight excluding hydrogens is 212 g/mol. The van der Waals surface area contributed by atoms with Crippen molar-refractivity contribution < 1.29 is 4.79 Å². The van der Waals surface area contributed by atoms with Crippen LogP contribution in [0.2, 0.25) is 5.02 Å². The smallest absolute Gasteiger partial charge is 0.246 e. The molecule has 0 bridgehead atoms. The third-order valence-corrected chi connectivity index (χ3v) is 3.06. The molecule has 1 aromatic rings. The molecule has 0 aromatic heterocycles. The summed E-state index contributed by atoms with van der Waals surface area (Å²) in [6.45, 7) is 0.379. The fourth-order valence-electron chi connectivity index (χ4n) is 1.98. The maximum atomic E-state index is 11.8. The van der Waals surface area contributed by atoms with Gasteiger partial charge in [-0.05, 0) is 31.0 Å². The van der Waals surface area contributed by atoms with Crippen molar-refractivity contribution in [3.8, 4) is 0 Å². The van der Waals surface area contributed by atoms with Gasteiger partial charge in [-0.3, -0.25) is 4.79 Å². The van der Waals surface area contributed by atoms with Gasteiger partial charge in [0.1, 0.15) is 0 Å². The molecule has 1 fully saturated rings. The first-order valence-electron chi connectivity index (χ1n) is 5.11. The Morgan fingerprint density at radius 1 is 1.40 bits per heavy atom. The third kappa shape index (κ3) is 1.47. The molecule has 0 atom stereocenters. The van der Waals surface area contributed by atoms with Crippen LogP contribution in [0.5, 0.6) is 0 Å². The average molecular weight is 223 g/mol. The molecular formula is C11H11ClN2O. The summed E-state index contributed by atoms with van der Waals surface area (Å²) in [5.74, 6) is 0.160. The molecule has 0 unspecified atom stereocenters. The van der Waals surface area contributed by atoms with E-state index >= 15 is 0 Å². The molecule has 15 heavy (non-hydrogen) atoms. The molecule has 3 rings (SSSR count). The highest BCUT2D eigenvalue weighted by Gasteiger charge is 2.36. The minimum atomic E-state index is 0.160. The number of fused-ring (bicyclic) bond motifs is 1. The minimum absolute atomic E-state index is 0.160. The number of halogens is 1. The van der Waals surface area contributed by atoms with E-state index in [9.17, 15) is 4.79 Å². The fourth-order valence-corrected chi connectivity index (χ4v) is 2.16. The molecule has 1 N–H and O–H groups in total. The van der Waals surface area contributed by atoms with Crippen molar-refractivity contribution in [3.63, 3.8) is 0 Å². The van der Waals surface area contributed by atoms with E-state index in [1.807, 2.05) is 23.1 Å². The SMILES string of the molecule is O=C1CNc2cc(Cl)ccc2N1C1CC1. The van der Waals surface area contributed by atoms with E-state index < -0.39 is 0 Å². The average Bonchev–Trinajstić information content (AvgIpc) is 3.02. The number of hydrogen-bond acceptors (Lipinski definition) is 2. The zero-order valence-corrected chi connectivity index (χ0v) is 8.92. The normalized spacial score (nSPS) is 19.8. The largest absolute Gasteiger partial charge is 0.374 e. The van der Waals surface area contributed by atoms with Crippen molar-refractivity contribution in [2.75, 3.05) is 16.8 Å². The monoisotopic (exact) mass is 222 g/mol. The van der Waals surface area contributed by atoms with E-state index in [1.165, 1.54) is 0 Å². The van der Waals surface area contributed by atoms with Crippen LogP contribution in [0.25, 0.3) is 0 Å². The summed E-state index contributed by atoms with van der Waals surface area (Å²) in [5, 5.41) is 3.79. The number of hydrogen-bond donors (Lipinski definition) is 1. The maximum Gasteiger partial charge on any atom is 0.246 e. The maximum absolute atomic E-state index is 11.8. The van der Waals surface area contributed by atoms with Gasteiger partial charge in [-0.1, -0.05) is 11.6 Å². The van der Waals surface area contributed by atoms with Crippen LogP contribution in [0.3, 0.4) is 0 Å². The van der Waals surface area contributed by atoms with Gasteiger partial charge < -0.3 is 10.2 Å². The Morgan fingerprint density at radius 3 is 2.93 bits per heavy atom. The van der Waals surface area contributed by atoms with Crippen LogP contribution < -0.4 is 10.2 Å². The Morgan fingerprint density at radius 2 is 2.20 bits per heavy atom. The van der Waals surface area contributed by atoms with Crippen LogP contribution in [0.4, 0.5) is 11.4 Å². The lowest BCUT2D eigenvalue weighted by Gasteiger charge is -2.30. The van der Waals surface area contributed by atoms with Gasteiger partial charge in [0.05, 0.1) is 17.9 Å². The van der Waals surface area contributed by atoms with Crippen LogP contribution in [-0.4, -0.2) is 18.5 Å². The third-order valence-electron chi connectivity index (χ3n) is 2.83. The summed E-state index contributed by atoms with van der Waals surface area (Å²) in [6.07, 6.45) is 2.24. The lowest BCUT2D eigenvalue weighted by molar-refractivity contribution is -0.117. The predicted octanol–water partition coefficient (Wildman–Crippen LogP) is 2.26. The Balaban J connectivity index is 2.07. The standard InChI is InChI=1S/C11H11ClN2O/c12-7-1-4-10-9(5-7)13-6-11(15)14(10)8-2-3-8/h1,4-5,8,13H,2-3,6H2. The van der Waals surface area contributed by atoms with Gasteiger partial charge in [0.25, 0.3) is 0 Å². The molecule has 2 aliphatic rings. The lowest BCUT2D eigenvalue weighted by Crippen LogP contribution is -2.41. The number of carbonyl (C=O) groups is 1. The second-order valence-corrected chi connectivity index (χ2v) is 4.45. The van der Waals surface area contributed by atoms with Gasteiger partial charge in [-0.2, -0.15) is 0 Å². The van der Waals surface area contributed by atoms with Crippen molar-refractivity contribution in [3.05, 3.63) is 23.2 Å². The Hall–Kier alpha value is -1.22. The van der Waals surface area contributed by atoms with Gasteiger partial charge in [-0.15, -0.1) is 0 Å². The highest BCUT2D eigenvalue weighted by Crippen LogP contribution is 2.39. The Labute approximate surface area is 93.0 Å². The minimum Gasteiger partial charge on any atom is -0.374 e. The van der Waals surface area contributed by atoms with Gasteiger partial charge in [-0.25, -0.2) is 0 Å². The van der Waals surface area contributed by atoms with E-state index in [0.717, 1.165) is 24.2 Å². The van der Waals surface area contributed by atoms with Gasteiger partial charge in [0.15, 0.2) is 0 Å². The first-order valence-corrected chi connectivity index (χ1v) is 5.49. The molecule has 4 heteroatoms. The first-order chi connectivity index (χ1) is 7.25. The summed E-state index contributed by atoms with van der Waals surface area (Å²) in [4.78, 5) is 13.7. The zero-order chi connectivity index (χ0) is 10.4. The van der Waals surface area contributed by atoms with Gasteiger partial charge in [0, 0.05) is 11.1 Å². The lowest BCUT2D eigenvalue weighted by atomic mass is 10.2. The van der Waals surface area contributed by atoms with Crippen molar-refractivity contribution in [2.24, 2.45) is 0 Å². The molecule has 1 aromatic carbocycles. The molecule has 0 radical (unpaired) electrons. The zero-order valence-electron chi connectivity index (χ0n) is 8.16. The highest BCUT2D eigenvalue weighted by atomic mass is 35.5. The summed E-state index contributed by atoms with van der Waals surface area (Å²) >= 11 is 5.91. The molecule has 78 valence electrons. The topological polar surface area (TPSA) is 32.3 Å². The van der Waals surface area contributed by atoms with E-state index in [2.05, 4.69) is 5.32 Å². The van der Waals surface area contributed by atoms with Crippen molar-refractivity contribution in [1.29, 1.82) is 0 Å². The van der Waals surface area contributed by atoms with Gasteiger partial charge in [0.2, 0.25) is 5.91 Å². The molecule has 0 saturated heterocycles. The van der Waals surface area contributed by atoms with E-state index in [4.69, 9.17) is 11.6 Å². The molecule has 3 nitrogen and oxygen atoms in total. The molecule has 1 amide bonds. The Kier molecular flexibility index (Phi) is 1.89. The first kappa shape index (κ1) is 9.04. The predicted molar refractivity (Wildman–Crippen MR) is 60.4 cm³/mol. The van der Waals surface area contributed by atoms with Crippen molar-refractivity contribution in [2.45, 2.75) is 18.9 Å². The second kappa shape index (κ2) is 3.14. The number of anilines is 2. The highest BCUT2D eigenvalue weighted by molar-refractivity contribution is 6.31. The van der Waals surface area contributed by atoms with E-state index in [1.54, 1.807) is 0 Å². The second-order valence-electron chi connectivity index (χ2n) is 4.01. The quantitative estimate of drug-likeness (QED) is 0.791. The number of nitrogens with zero attached hydrogens (tertiary/aromatic N) is 1. The number of carbonyl (C=O) groups excluding carboxylic acids is 1. The number of benzene rings is 1. The number of rotatable bonds is 1. The Bertz CT molecular complexity index is 429. The summed E-state index contributed by atoms with van der Waals surface area (Å²) in [7, 11) is 0. The van der Waals surface area contributed by atoms with Crippen LogP contribution in [0.15, 0.2) is 18.2 Å². The summed E-state index contributed by atoms with van der Waals surface area (Å²) < 4.78 is 0. The number of nitrogens with one attached hydrogen (secondary N) is 1. The van der Waals surface area contributed by atoms with Crippen LogP contribution in [0.1, 0.15) is 12.8 Å².